The highest BCUT2D eigenvalue weighted by Gasteiger charge is 2.25. The summed E-state index contributed by atoms with van der Waals surface area (Å²) >= 11 is 0. The Labute approximate surface area is 185 Å². The summed E-state index contributed by atoms with van der Waals surface area (Å²) in [5.41, 5.74) is 0.611. The van der Waals surface area contributed by atoms with Crippen LogP contribution in [0.5, 0.6) is 0 Å². The van der Waals surface area contributed by atoms with Gasteiger partial charge in [0, 0.05) is 34.4 Å². The molecule has 1 aliphatic heterocycles. The van der Waals surface area contributed by atoms with Crippen molar-refractivity contribution in [3.8, 4) is 0 Å². The zero-order valence-corrected chi connectivity index (χ0v) is 18.1. The molecule has 5 nitrogen and oxygen atoms in total. The van der Waals surface area contributed by atoms with Crippen LogP contribution in [0.2, 0.25) is 0 Å². The highest BCUT2D eigenvalue weighted by atomic mass is 32.2. The maximum atomic E-state index is 13.9. The van der Waals surface area contributed by atoms with Crippen molar-refractivity contribution in [1.82, 2.24) is 9.29 Å². The van der Waals surface area contributed by atoms with E-state index >= 15 is 0 Å². The van der Waals surface area contributed by atoms with Gasteiger partial charge in [0.2, 0.25) is 10.0 Å². The summed E-state index contributed by atoms with van der Waals surface area (Å²) in [7, 11) is -4.00. The van der Waals surface area contributed by atoms with Crippen LogP contribution in [0.25, 0.3) is 17.0 Å². The van der Waals surface area contributed by atoms with Crippen LogP contribution in [0.3, 0.4) is 0 Å². The van der Waals surface area contributed by atoms with Crippen molar-refractivity contribution in [3.05, 3.63) is 71.7 Å². The molecule has 2 N–H and O–H groups in total. The van der Waals surface area contributed by atoms with Crippen molar-refractivity contribution in [2.45, 2.75) is 25.3 Å². The lowest BCUT2D eigenvalue weighted by molar-refractivity contribution is 0.153. The number of hydrogen-bond donors (Lipinski definition) is 2. The molecule has 0 radical (unpaired) electrons. The Bertz CT molecular complexity index is 1230. The Kier molecular flexibility index (Phi) is 6.57. The van der Waals surface area contributed by atoms with E-state index in [4.69, 9.17) is 0 Å². The van der Waals surface area contributed by atoms with Gasteiger partial charge in [0.25, 0.3) is 6.43 Å². The first-order valence-electron chi connectivity index (χ1n) is 10.4. The van der Waals surface area contributed by atoms with Crippen molar-refractivity contribution in [2.75, 3.05) is 24.2 Å². The van der Waals surface area contributed by atoms with E-state index in [1.165, 1.54) is 36.4 Å². The van der Waals surface area contributed by atoms with Gasteiger partial charge in [0.05, 0.1) is 11.3 Å². The molecule has 1 saturated heterocycles. The van der Waals surface area contributed by atoms with Crippen LogP contribution in [0.15, 0.2) is 54.7 Å². The molecule has 1 aliphatic rings. The Morgan fingerprint density at radius 2 is 1.88 bits per heavy atom. The largest absolute Gasteiger partial charge is 0.382 e. The smallest absolute Gasteiger partial charge is 0.266 e. The summed E-state index contributed by atoms with van der Waals surface area (Å²) in [6.45, 7) is 1.66. The van der Waals surface area contributed by atoms with E-state index in [9.17, 15) is 21.6 Å². The molecule has 0 atom stereocenters. The van der Waals surface area contributed by atoms with Crippen LogP contribution >= 0.6 is 0 Å². The number of fused-ring (bicyclic) bond motifs is 1. The second-order valence-corrected chi connectivity index (χ2v) is 9.64. The van der Waals surface area contributed by atoms with Crippen LogP contribution in [0, 0.1) is 5.82 Å². The van der Waals surface area contributed by atoms with Gasteiger partial charge in [-0.05, 0) is 44.1 Å². The van der Waals surface area contributed by atoms with E-state index in [0.29, 0.717) is 5.69 Å². The van der Waals surface area contributed by atoms with Gasteiger partial charge < -0.3 is 10.6 Å². The molecular formula is C23H24F3N3O2S. The number of alkyl halides is 2. The van der Waals surface area contributed by atoms with E-state index in [1.54, 1.807) is 18.2 Å². The lowest BCUT2D eigenvalue weighted by Crippen LogP contribution is -2.35. The van der Waals surface area contributed by atoms with Gasteiger partial charge in [-0.2, -0.15) is 0 Å². The summed E-state index contributed by atoms with van der Waals surface area (Å²) in [6.07, 6.45) is 2.55. The fourth-order valence-corrected chi connectivity index (χ4v) is 5.20. The minimum atomic E-state index is -4.00. The van der Waals surface area contributed by atoms with E-state index in [0.717, 1.165) is 36.1 Å². The fraction of sp³-hybridized carbons (Fsp3) is 0.304. The zero-order chi connectivity index (χ0) is 22.7. The molecule has 32 heavy (non-hydrogen) atoms. The third-order valence-corrected chi connectivity index (χ3v) is 7.08. The van der Waals surface area contributed by atoms with Crippen LogP contribution in [0.1, 0.15) is 30.4 Å². The molecule has 0 bridgehead atoms. The molecule has 1 aromatic heterocycles. The van der Waals surface area contributed by atoms with E-state index in [-0.39, 0.29) is 28.1 Å². The first kappa shape index (κ1) is 22.4. The SMILES string of the molecule is O=S(=O)(CC=Cc1ccccc1F)n1cc(C(F)F)c2c(NC3CCNCC3)cccc21. The summed E-state index contributed by atoms with van der Waals surface area (Å²) in [5, 5.41) is 6.78. The highest BCUT2D eigenvalue weighted by molar-refractivity contribution is 7.90. The number of anilines is 1. The molecule has 2 heterocycles. The van der Waals surface area contributed by atoms with E-state index in [2.05, 4.69) is 10.6 Å². The first-order valence-corrected chi connectivity index (χ1v) is 12.0. The number of benzene rings is 2. The molecule has 2 aromatic carbocycles. The average molecular weight is 464 g/mol. The second-order valence-electron chi connectivity index (χ2n) is 7.75. The van der Waals surface area contributed by atoms with Crippen LogP contribution in [-0.4, -0.2) is 37.3 Å². The van der Waals surface area contributed by atoms with Gasteiger partial charge >= 0.3 is 0 Å². The van der Waals surface area contributed by atoms with Crippen LogP contribution in [-0.2, 0) is 10.0 Å². The third-order valence-electron chi connectivity index (χ3n) is 5.57. The van der Waals surface area contributed by atoms with Crippen molar-refractivity contribution < 1.29 is 21.6 Å². The Morgan fingerprint density at radius 1 is 1.12 bits per heavy atom. The molecule has 170 valence electrons. The molecule has 9 heteroatoms. The Balaban J connectivity index is 1.69. The fourth-order valence-electron chi connectivity index (χ4n) is 3.98. The zero-order valence-electron chi connectivity index (χ0n) is 17.3. The average Bonchev–Trinajstić information content (AvgIpc) is 3.18. The maximum Gasteiger partial charge on any atom is 0.266 e. The van der Waals surface area contributed by atoms with Gasteiger partial charge in [0.1, 0.15) is 5.82 Å². The maximum absolute atomic E-state index is 13.9. The number of rotatable bonds is 7. The Hall–Kier alpha value is -2.78. The first-order chi connectivity index (χ1) is 15.4. The minimum Gasteiger partial charge on any atom is -0.382 e. The number of nitrogens with one attached hydrogen (secondary N) is 2. The van der Waals surface area contributed by atoms with Crippen molar-refractivity contribution in [2.24, 2.45) is 0 Å². The predicted molar refractivity (Wildman–Crippen MR) is 121 cm³/mol. The standard InChI is InChI=1S/C23H24F3N3O2S/c24-19-7-2-1-5-16(19)6-4-14-32(30,31)29-15-18(23(25)26)22-20(8-3-9-21(22)29)28-17-10-12-27-13-11-17/h1-9,15,17,23,27-28H,10-14H2. The number of piperidine rings is 1. The Morgan fingerprint density at radius 3 is 2.59 bits per heavy atom. The molecular weight excluding hydrogens is 439 g/mol. The number of nitrogens with zero attached hydrogens (tertiary/aromatic N) is 1. The normalized spacial score (nSPS) is 15.8. The molecule has 0 saturated carbocycles. The molecule has 0 unspecified atom stereocenters. The van der Waals surface area contributed by atoms with Crippen LogP contribution in [0.4, 0.5) is 18.9 Å². The minimum absolute atomic E-state index is 0.121. The quantitative estimate of drug-likeness (QED) is 0.530. The third kappa shape index (κ3) is 4.68. The van der Waals surface area contributed by atoms with Crippen molar-refractivity contribution in [1.29, 1.82) is 0 Å². The molecule has 0 spiro atoms. The number of aromatic nitrogens is 1. The highest BCUT2D eigenvalue weighted by Crippen LogP contribution is 2.36. The molecule has 3 aromatic rings. The van der Waals surface area contributed by atoms with Crippen molar-refractivity contribution in [3.63, 3.8) is 0 Å². The van der Waals surface area contributed by atoms with E-state index < -0.39 is 28.0 Å². The van der Waals surface area contributed by atoms with Gasteiger partial charge in [-0.3, -0.25) is 0 Å². The topological polar surface area (TPSA) is 63.1 Å². The summed E-state index contributed by atoms with van der Waals surface area (Å²) in [6, 6.07) is 11.0. The van der Waals surface area contributed by atoms with Gasteiger partial charge in [-0.15, -0.1) is 0 Å². The van der Waals surface area contributed by atoms with E-state index in [1.807, 2.05) is 0 Å². The van der Waals surface area contributed by atoms with Gasteiger partial charge in [-0.25, -0.2) is 25.6 Å². The second kappa shape index (κ2) is 9.38. The summed E-state index contributed by atoms with van der Waals surface area (Å²) in [4.78, 5) is 0. The number of hydrogen-bond acceptors (Lipinski definition) is 4. The monoisotopic (exact) mass is 463 g/mol. The van der Waals surface area contributed by atoms with Gasteiger partial charge in [0.15, 0.2) is 0 Å². The predicted octanol–water partition coefficient (Wildman–Crippen LogP) is 4.77. The lowest BCUT2D eigenvalue weighted by Gasteiger charge is -2.25. The summed E-state index contributed by atoms with van der Waals surface area (Å²) < 4.78 is 68.4. The molecule has 4 rings (SSSR count). The molecule has 0 amide bonds. The van der Waals surface area contributed by atoms with Crippen molar-refractivity contribution >= 4 is 32.7 Å². The number of halogens is 3. The van der Waals surface area contributed by atoms with Crippen LogP contribution < -0.4 is 10.6 Å². The molecule has 0 aliphatic carbocycles. The summed E-state index contributed by atoms with van der Waals surface area (Å²) in [5.74, 6) is -0.930. The molecule has 1 fully saturated rings. The van der Waals surface area contributed by atoms with Gasteiger partial charge in [-0.1, -0.05) is 36.4 Å². The lowest BCUT2D eigenvalue weighted by atomic mass is 10.0.